The van der Waals surface area contributed by atoms with Gasteiger partial charge < -0.3 is 34.7 Å². The lowest BCUT2D eigenvalue weighted by molar-refractivity contribution is 0.0449. The summed E-state index contributed by atoms with van der Waals surface area (Å²) < 4.78 is 24.8. The fourth-order valence-corrected chi connectivity index (χ4v) is 3.75. The van der Waals surface area contributed by atoms with Crippen LogP contribution in [-0.4, -0.2) is 56.5 Å². The summed E-state index contributed by atoms with van der Waals surface area (Å²) in [5, 5.41) is 17.8. The van der Waals surface area contributed by atoms with Crippen molar-refractivity contribution in [1.82, 2.24) is 15.5 Å². The SMILES string of the molecule is Cc1ccc(C(=O)Nc2ccon2)cc1N(C(=N)c1[nH]cc(C(=O)NC2CC2)c1C)C(=O)OCOP(=O)(O)O. The Morgan fingerprint density at radius 1 is 1.23 bits per heavy atom. The maximum absolute atomic E-state index is 13.2. The molecule has 6 N–H and O–H groups in total. The van der Waals surface area contributed by atoms with Crippen molar-refractivity contribution in [3.8, 4) is 0 Å². The highest BCUT2D eigenvalue weighted by molar-refractivity contribution is 7.46. The summed E-state index contributed by atoms with van der Waals surface area (Å²) in [7, 11) is -4.95. The molecule has 1 aliphatic rings. The average molecular weight is 560 g/mol. The zero-order valence-electron chi connectivity index (χ0n) is 20.8. The highest BCUT2D eigenvalue weighted by atomic mass is 31.2. The molecule has 0 bridgehead atoms. The number of aromatic amines is 1. The number of amidine groups is 1. The van der Waals surface area contributed by atoms with Gasteiger partial charge in [-0.25, -0.2) is 18.8 Å². The third-order valence-corrected chi connectivity index (χ3v) is 6.18. The molecule has 16 heteroatoms. The lowest BCUT2D eigenvalue weighted by Gasteiger charge is -2.25. The quantitative estimate of drug-likeness (QED) is 0.0972. The van der Waals surface area contributed by atoms with Crippen LogP contribution < -0.4 is 15.5 Å². The van der Waals surface area contributed by atoms with Crippen LogP contribution in [0.3, 0.4) is 0 Å². The molecule has 0 saturated heterocycles. The Balaban J connectivity index is 1.67. The third kappa shape index (κ3) is 6.78. The van der Waals surface area contributed by atoms with Crippen LogP contribution in [0.15, 0.2) is 41.2 Å². The molecule has 2 heterocycles. The number of H-pyrrole nitrogens is 1. The molecule has 1 aromatic carbocycles. The number of carbonyl (C=O) groups is 3. The van der Waals surface area contributed by atoms with E-state index < -0.39 is 32.5 Å². The van der Waals surface area contributed by atoms with Gasteiger partial charge in [0.15, 0.2) is 11.7 Å². The number of rotatable bonds is 9. The van der Waals surface area contributed by atoms with Gasteiger partial charge in [-0.3, -0.25) is 15.0 Å². The maximum Gasteiger partial charge on any atom is 0.472 e. The second kappa shape index (κ2) is 11.2. The summed E-state index contributed by atoms with van der Waals surface area (Å²) in [6.07, 6.45) is 3.21. The van der Waals surface area contributed by atoms with Gasteiger partial charge in [0.05, 0.1) is 16.9 Å². The fourth-order valence-electron chi connectivity index (χ4n) is 3.56. The Bertz CT molecular complexity index is 1460. The molecule has 206 valence electrons. The predicted octanol–water partition coefficient (Wildman–Crippen LogP) is 2.80. The summed E-state index contributed by atoms with van der Waals surface area (Å²) in [6.45, 7) is 2.10. The summed E-state index contributed by atoms with van der Waals surface area (Å²) in [6, 6.07) is 5.87. The smallest absolute Gasteiger partial charge is 0.421 e. The summed E-state index contributed by atoms with van der Waals surface area (Å²) in [5.41, 5.74) is 1.33. The standard InChI is InChI=1S/C23H25N6O9P/c1-12-3-4-14(21(30)27-18-7-8-37-28-18)9-17(12)29(23(32)36-11-38-39(33,34)35)20(24)19-13(2)16(10-25-19)22(31)26-15-5-6-15/h3-4,7-10,15,24-25H,5-6,11H2,1-2H3,(H,26,31)(H,27,28,30)(H2,33,34,35). The number of aryl methyl sites for hydroxylation is 1. The summed E-state index contributed by atoms with van der Waals surface area (Å²) >= 11 is 0. The molecule has 1 aliphatic carbocycles. The maximum atomic E-state index is 13.2. The van der Waals surface area contributed by atoms with Crippen LogP contribution in [0, 0.1) is 19.3 Å². The molecule has 3 amide bonds. The van der Waals surface area contributed by atoms with Crippen molar-refractivity contribution in [1.29, 1.82) is 5.41 Å². The number of benzene rings is 1. The molecule has 0 spiro atoms. The van der Waals surface area contributed by atoms with Gasteiger partial charge in [0.2, 0.25) is 6.79 Å². The number of phosphoric acid groups is 1. The molecular weight excluding hydrogens is 535 g/mol. The zero-order valence-corrected chi connectivity index (χ0v) is 21.7. The van der Waals surface area contributed by atoms with E-state index in [2.05, 4.69) is 25.3 Å². The lowest BCUT2D eigenvalue weighted by Crippen LogP contribution is -2.39. The van der Waals surface area contributed by atoms with Crippen LogP contribution in [0.25, 0.3) is 0 Å². The molecule has 39 heavy (non-hydrogen) atoms. The minimum atomic E-state index is -4.95. The van der Waals surface area contributed by atoms with Crippen LogP contribution in [0.5, 0.6) is 0 Å². The van der Waals surface area contributed by atoms with Gasteiger partial charge in [0.1, 0.15) is 6.26 Å². The van der Waals surface area contributed by atoms with E-state index in [0.717, 1.165) is 17.7 Å². The zero-order chi connectivity index (χ0) is 28.3. The Morgan fingerprint density at radius 2 is 1.97 bits per heavy atom. The molecule has 1 saturated carbocycles. The molecule has 0 aliphatic heterocycles. The number of nitrogens with zero attached hydrogens (tertiary/aromatic N) is 2. The van der Waals surface area contributed by atoms with Crippen LogP contribution in [-0.2, 0) is 13.8 Å². The molecule has 3 aromatic rings. The molecule has 0 radical (unpaired) electrons. The predicted molar refractivity (Wildman–Crippen MR) is 135 cm³/mol. The first-order valence-electron chi connectivity index (χ1n) is 11.5. The van der Waals surface area contributed by atoms with Crippen molar-refractivity contribution in [2.45, 2.75) is 32.7 Å². The number of phosphoric ester groups is 1. The van der Waals surface area contributed by atoms with Gasteiger partial charge in [0.25, 0.3) is 11.8 Å². The van der Waals surface area contributed by atoms with E-state index >= 15 is 0 Å². The molecule has 0 unspecified atom stereocenters. The molecule has 15 nitrogen and oxygen atoms in total. The van der Waals surface area contributed by atoms with E-state index in [0.29, 0.717) is 11.1 Å². The van der Waals surface area contributed by atoms with Gasteiger partial charge in [-0.05, 0) is 49.9 Å². The van der Waals surface area contributed by atoms with Gasteiger partial charge in [-0.15, -0.1) is 0 Å². The van der Waals surface area contributed by atoms with E-state index in [4.69, 9.17) is 24.5 Å². The van der Waals surface area contributed by atoms with Gasteiger partial charge >= 0.3 is 13.9 Å². The van der Waals surface area contributed by atoms with Crippen molar-refractivity contribution in [2.24, 2.45) is 0 Å². The van der Waals surface area contributed by atoms with Crippen LogP contribution in [0.4, 0.5) is 16.3 Å². The monoisotopic (exact) mass is 560 g/mol. The largest absolute Gasteiger partial charge is 0.472 e. The van der Waals surface area contributed by atoms with Crippen molar-refractivity contribution in [3.63, 3.8) is 0 Å². The summed E-state index contributed by atoms with van der Waals surface area (Å²) in [5.74, 6) is -1.24. The van der Waals surface area contributed by atoms with E-state index in [1.54, 1.807) is 13.8 Å². The number of hydrogen-bond acceptors (Lipinski definition) is 9. The molecule has 1 fully saturated rings. The fraction of sp³-hybridized carbons (Fsp3) is 0.261. The number of aromatic nitrogens is 2. The number of hydrogen-bond donors (Lipinski definition) is 6. The van der Waals surface area contributed by atoms with Gasteiger partial charge in [-0.2, -0.15) is 0 Å². The minimum absolute atomic E-state index is 0.0481. The van der Waals surface area contributed by atoms with Crippen molar-refractivity contribution >= 4 is 43.1 Å². The Labute approximate surface area is 221 Å². The highest BCUT2D eigenvalue weighted by Gasteiger charge is 2.31. The van der Waals surface area contributed by atoms with Crippen LogP contribution in [0.1, 0.15) is 50.4 Å². The van der Waals surface area contributed by atoms with Crippen molar-refractivity contribution in [3.05, 3.63) is 64.7 Å². The molecule has 2 aromatic heterocycles. The number of amides is 3. The second-order valence-corrected chi connectivity index (χ2v) is 9.86. The average Bonchev–Trinajstić information content (AvgIpc) is 3.36. The highest BCUT2D eigenvalue weighted by Crippen LogP contribution is 2.35. The first kappa shape index (κ1) is 27.7. The molecular formula is C23H25N6O9P. The van der Waals surface area contributed by atoms with Gasteiger partial charge in [0, 0.05) is 23.9 Å². The Hall–Kier alpha value is -4.30. The van der Waals surface area contributed by atoms with E-state index in [-0.39, 0.29) is 40.3 Å². The van der Waals surface area contributed by atoms with E-state index in [1.165, 1.54) is 36.7 Å². The minimum Gasteiger partial charge on any atom is -0.421 e. The lowest BCUT2D eigenvalue weighted by atomic mass is 10.1. The third-order valence-electron chi connectivity index (χ3n) is 5.73. The van der Waals surface area contributed by atoms with Crippen molar-refractivity contribution < 1.29 is 42.5 Å². The number of ether oxygens (including phenoxy) is 1. The number of nitrogens with one attached hydrogen (secondary N) is 4. The van der Waals surface area contributed by atoms with Crippen LogP contribution >= 0.6 is 7.82 Å². The van der Waals surface area contributed by atoms with E-state index in [1.807, 2.05) is 0 Å². The van der Waals surface area contributed by atoms with Crippen molar-refractivity contribution in [2.75, 3.05) is 17.0 Å². The van der Waals surface area contributed by atoms with E-state index in [9.17, 15) is 18.9 Å². The Kier molecular flexibility index (Phi) is 7.97. The molecule has 0 atom stereocenters. The normalized spacial score (nSPS) is 13.0. The number of carbonyl (C=O) groups excluding carboxylic acids is 3. The first-order valence-corrected chi connectivity index (χ1v) is 13.0. The van der Waals surface area contributed by atoms with Gasteiger partial charge in [-0.1, -0.05) is 11.2 Å². The van der Waals surface area contributed by atoms with Crippen LogP contribution in [0.2, 0.25) is 0 Å². The molecule has 4 rings (SSSR count). The topological polar surface area (TPSA) is 220 Å². The second-order valence-electron chi connectivity index (χ2n) is 8.62. The summed E-state index contributed by atoms with van der Waals surface area (Å²) in [4.78, 5) is 60.0. The Morgan fingerprint density at radius 3 is 2.62 bits per heavy atom. The first-order chi connectivity index (χ1) is 18.4. The number of anilines is 2.